The van der Waals surface area contributed by atoms with Gasteiger partial charge in [0.05, 0.1) is 0 Å². The summed E-state index contributed by atoms with van der Waals surface area (Å²) in [5.74, 6) is 0.0995. The van der Waals surface area contributed by atoms with Crippen LogP contribution < -0.4 is 5.32 Å². The Kier molecular flexibility index (Phi) is 3.96. The van der Waals surface area contributed by atoms with Crippen LogP contribution >= 0.6 is 0 Å². The van der Waals surface area contributed by atoms with Gasteiger partial charge in [0, 0.05) is 25.4 Å². The molecule has 70 valence electrons. The van der Waals surface area contributed by atoms with Gasteiger partial charge in [-0.15, -0.1) is 0 Å². The summed E-state index contributed by atoms with van der Waals surface area (Å²) in [7, 11) is 0. The fraction of sp³-hybridized carbons (Fsp3) is 0.400. The maximum absolute atomic E-state index is 10.2. The predicted octanol–water partition coefficient (Wildman–Crippen LogP) is 1.37. The van der Waals surface area contributed by atoms with Crippen LogP contribution in [0.25, 0.3) is 0 Å². The van der Waals surface area contributed by atoms with Gasteiger partial charge in [0.1, 0.15) is 0 Å². The van der Waals surface area contributed by atoms with E-state index in [0.717, 1.165) is 0 Å². The summed E-state index contributed by atoms with van der Waals surface area (Å²) >= 11 is 0. The first-order chi connectivity index (χ1) is 6.29. The van der Waals surface area contributed by atoms with Gasteiger partial charge < -0.3 is 5.32 Å². The van der Waals surface area contributed by atoms with Crippen molar-refractivity contribution in [1.29, 1.82) is 0 Å². The van der Waals surface area contributed by atoms with Crippen molar-refractivity contribution in [2.75, 3.05) is 0 Å². The summed E-state index contributed by atoms with van der Waals surface area (Å²) in [6.07, 6.45) is 5.86. The van der Waals surface area contributed by atoms with E-state index in [1.165, 1.54) is 12.8 Å². The molecule has 0 saturated heterocycles. The second-order valence-electron chi connectivity index (χ2n) is 3.00. The van der Waals surface area contributed by atoms with Crippen LogP contribution in [-0.2, 0) is 4.79 Å². The van der Waals surface area contributed by atoms with Crippen molar-refractivity contribution in [3.8, 4) is 0 Å². The molecule has 1 aromatic rings. The van der Waals surface area contributed by atoms with Crippen LogP contribution in [0.1, 0.15) is 19.8 Å². The van der Waals surface area contributed by atoms with Crippen LogP contribution in [0.3, 0.4) is 0 Å². The highest BCUT2D eigenvalue weighted by atomic mass is 16.1. The Morgan fingerprint density at radius 2 is 1.92 bits per heavy atom. The minimum Gasteiger partial charge on any atom is -0.354 e. The summed E-state index contributed by atoms with van der Waals surface area (Å²) in [5, 5.41) is 2.78. The number of hydrogen-bond acceptors (Lipinski definition) is 2. The van der Waals surface area contributed by atoms with Crippen LogP contribution in [0, 0.1) is 0 Å². The summed E-state index contributed by atoms with van der Waals surface area (Å²) in [6.45, 7) is 1.55. The Bertz CT molecular complexity index is 218. The second kappa shape index (κ2) is 5.30. The molecule has 1 heterocycles. The molecular formula is C10H14N2O. The number of amides is 1. The van der Waals surface area contributed by atoms with Gasteiger partial charge in [-0.3, -0.25) is 9.78 Å². The molecule has 3 nitrogen and oxygen atoms in total. The number of carbonyl (C=O) groups excluding carboxylic acids is 1. The maximum atomic E-state index is 10.2. The van der Waals surface area contributed by atoms with Gasteiger partial charge >= 0.3 is 0 Å². The molecule has 0 spiro atoms. The molecule has 0 unspecified atom stereocenters. The zero-order valence-electron chi connectivity index (χ0n) is 7.73. The number of carbonyl (C=O) groups is 1. The minimum atomic E-state index is 0.0995. The highest BCUT2D eigenvalue weighted by Gasteiger charge is 2.21. The van der Waals surface area contributed by atoms with Crippen LogP contribution in [0.4, 0.5) is 0 Å². The molecule has 0 aliphatic heterocycles. The molecule has 1 N–H and O–H groups in total. The molecule has 1 amide bonds. The van der Waals surface area contributed by atoms with E-state index in [4.69, 9.17) is 0 Å². The van der Waals surface area contributed by atoms with Gasteiger partial charge in [-0.25, -0.2) is 0 Å². The van der Waals surface area contributed by atoms with Crippen molar-refractivity contribution in [2.24, 2.45) is 0 Å². The Morgan fingerprint density at radius 1 is 1.31 bits per heavy atom. The highest BCUT2D eigenvalue weighted by molar-refractivity contribution is 5.73. The van der Waals surface area contributed by atoms with E-state index in [-0.39, 0.29) is 5.91 Å². The lowest BCUT2D eigenvalue weighted by Crippen LogP contribution is -2.21. The number of pyridine rings is 1. The number of nitrogens with one attached hydrogen (secondary N) is 1. The molecule has 0 bridgehead atoms. The van der Waals surface area contributed by atoms with Gasteiger partial charge in [0.2, 0.25) is 5.91 Å². The zero-order chi connectivity index (χ0) is 9.52. The number of aromatic nitrogens is 1. The van der Waals surface area contributed by atoms with Crippen molar-refractivity contribution >= 4 is 5.91 Å². The van der Waals surface area contributed by atoms with E-state index in [1.807, 2.05) is 18.2 Å². The van der Waals surface area contributed by atoms with Crippen LogP contribution in [0.15, 0.2) is 30.6 Å². The highest BCUT2D eigenvalue weighted by Crippen LogP contribution is 2.17. The van der Waals surface area contributed by atoms with E-state index in [0.29, 0.717) is 6.04 Å². The van der Waals surface area contributed by atoms with Gasteiger partial charge in [0.25, 0.3) is 0 Å². The lowest BCUT2D eigenvalue weighted by atomic mass is 10.5. The topological polar surface area (TPSA) is 42.0 Å². The molecule has 0 radical (unpaired) electrons. The van der Waals surface area contributed by atoms with Gasteiger partial charge in [-0.2, -0.15) is 0 Å². The Labute approximate surface area is 78.2 Å². The van der Waals surface area contributed by atoms with E-state index in [1.54, 1.807) is 19.3 Å². The van der Waals surface area contributed by atoms with Crippen molar-refractivity contribution in [3.05, 3.63) is 30.6 Å². The first-order valence-electron chi connectivity index (χ1n) is 4.41. The average Bonchev–Trinajstić information content (AvgIpc) is 2.91. The van der Waals surface area contributed by atoms with Crippen molar-refractivity contribution in [2.45, 2.75) is 25.8 Å². The molecule has 13 heavy (non-hydrogen) atoms. The van der Waals surface area contributed by atoms with Gasteiger partial charge in [0.15, 0.2) is 0 Å². The predicted molar refractivity (Wildman–Crippen MR) is 51.1 cm³/mol. The van der Waals surface area contributed by atoms with E-state index >= 15 is 0 Å². The van der Waals surface area contributed by atoms with Gasteiger partial charge in [-0.05, 0) is 25.0 Å². The molecule has 1 saturated carbocycles. The standard InChI is InChI=1S/C5H9NO.C5H5N/c1-4(7)6-5-2-3-5;1-2-4-6-5-3-1/h5H,2-3H2,1H3,(H,6,7);1-5H. The number of rotatable bonds is 1. The fourth-order valence-corrected chi connectivity index (χ4v) is 0.828. The molecule has 1 aromatic heterocycles. The zero-order valence-corrected chi connectivity index (χ0v) is 7.73. The first-order valence-corrected chi connectivity index (χ1v) is 4.41. The third-order valence-electron chi connectivity index (χ3n) is 1.55. The van der Waals surface area contributed by atoms with Gasteiger partial charge in [-0.1, -0.05) is 6.07 Å². The molecule has 1 aliphatic rings. The third-order valence-corrected chi connectivity index (χ3v) is 1.55. The summed E-state index contributed by atoms with van der Waals surface area (Å²) < 4.78 is 0. The smallest absolute Gasteiger partial charge is 0.217 e. The number of hydrogen-bond donors (Lipinski definition) is 1. The molecule has 1 aliphatic carbocycles. The normalized spacial score (nSPS) is 13.9. The van der Waals surface area contributed by atoms with E-state index in [9.17, 15) is 4.79 Å². The molecule has 0 aromatic carbocycles. The van der Waals surface area contributed by atoms with Crippen LogP contribution in [0.2, 0.25) is 0 Å². The average molecular weight is 178 g/mol. The SMILES string of the molecule is CC(=O)NC1CC1.c1ccncc1. The monoisotopic (exact) mass is 178 g/mol. The van der Waals surface area contributed by atoms with Crippen molar-refractivity contribution in [3.63, 3.8) is 0 Å². The minimum absolute atomic E-state index is 0.0995. The molecule has 2 rings (SSSR count). The number of nitrogens with zero attached hydrogens (tertiary/aromatic N) is 1. The first kappa shape index (κ1) is 9.71. The summed E-state index contributed by atoms with van der Waals surface area (Å²) in [6, 6.07) is 6.24. The van der Waals surface area contributed by atoms with Crippen LogP contribution in [-0.4, -0.2) is 16.9 Å². The van der Waals surface area contributed by atoms with E-state index < -0.39 is 0 Å². The molecule has 3 heteroatoms. The van der Waals surface area contributed by atoms with Crippen LogP contribution in [0.5, 0.6) is 0 Å². The maximum Gasteiger partial charge on any atom is 0.217 e. The van der Waals surface area contributed by atoms with Crippen molar-refractivity contribution < 1.29 is 4.79 Å². The Hall–Kier alpha value is -1.38. The van der Waals surface area contributed by atoms with E-state index in [2.05, 4.69) is 10.3 Å². The Balaban J connectivity index is 0.000000132. The lowest BCUT2D eigenvalue weighted by molar-refractivity contribution is -0.119. The van der Waals surface area contributed by atoms with Crippen molar-refractivity contribution in [1.82, 2.24) is 10.3 Å². The largest absolute Gasteiger partial charge is 0.354 e. The fourth-order valence-electron chi connectivity index (χ4n) is 0.828. The second-order valence-corrected chi connectivity index (χ2v) is 3.00. The summed E-state index contributed by atoms with van der Waals surface area (Å²) in [5.41, 5.74) is 0. The summed E-state index contributed by atoms with van der Waals surface area (Å²) in [4.78, 5) is 14.0. The molecule has 0 atom stereocenters. The Morgan fingerprint density at radius 3 is 2.08 bits per heavy atom. The quantitative estimate of drug-likeness (QED) is 0.705. The molecular weight excluding hydrogens is 164 g/mol. The molecule has 1 fully saturated rings. The lowest BCUT2D eigenvalue weighted by Gasteiger charge is -1.91. The third kappa shape index (κ3) is 5.84.